The van der Waals surface area contributed by atoms with Crippen LogP contribution in [-0.4, -0.2) is 0 Å². The van der Waals surface area contributed by atoms with Crippen molar-refractivity contribution in [3.8, 4) is 11.1 Å². The molecule has 0 amide bonds. The van der Waals surface area contributed by atoms with Crippen molar-refractivity contribution in [2.24, 2.45) is 0 Å². The fourth-order valence-electron chi connectivity index (χ4n) is 5.79. The summed E-state index contributed by atoms with van der Waals surface area (Å²) < 4.78 is 6.68. The van der Waals surface area contributed by atoms with Crippen molar-refractivity contribution in [3.63, 3.8) is 0 Å². The number of rotatable bonds is 1. The molecule has 6 aromatic carbocycles. The fraction of sp³-hybridized carbons (Fsp3) is 0.125. The van der Waals surface area contributed by atoms with E-state index in [0.29, 0.717) is 0 Å². The number of anilines is 2. The van der Waals surface area contributed by atoms with Gasteiger partial charge in [0.05, 0.1) is 0 Å². The minimum absolute atomic E-state index is 0.0229. The zero-order chi connectivity index (χ0) is 24.1. The molecule has 0 saturated heterocycles. The lowest BCUT2D eigenvalue weighted by atomic mass is 9.86. The van der Waals surface area contributed by atoms with E-state index in [1.165, 1.54) is 16.3 Å². The molecule has 0 unspecified atom stereocenters. The minimum Gasteiger partial charge on any atom is -0.455 e. The normalized spacial score (nSPS) is 12.7. The molecule has 0 radical (unpaired) electrons. The van der Waals surface area contributed by atoms with Crippen molar-refractivity contribution in [1.82, 2.24) is 0 Å². The largest absolute Gasteiger partial charge is 0.455 e. The summed E-state index contributed by atoms with van der Waals surface area (Å²) in [5, 5.41) is 9.03. The summed E-state index contributed by atoms with van der Waals surface area (Å²) in [6.45, 7) is 6.68. The molecule has 0 bridgehead atoms. The average Bonchev–Trinajstić information content (AvgIpc) is 3.23. The summed E-state index contributed by atoms with van der Waals surface area (Å²) in [7, 11) is 0. The standard InChI is InChI=1S/C32H26N2O/c1-32(2,3)25-9-5-8-20-19-6-4-7-21(30(19)35-31(20)25)24-16-27(34)23-12-10-17-11-15-26(33)22-14-13-18(24)29(23)28(17)22/h4-16H,33-34H2,1-3H3. The molecule has 170 valence electrons. The van der Waals surface area contributed by atoms with Crippen LogP contribution in [-0.2, 0) is 5.41 Å². The highest BCUT2D eigenvalue weighted by Crippen LogP contribution is 2.46. The molecule has 1 heterocycles. The second-order valence-electron chi connectivity index (χ2n) is 10.6. The topological polar surface area (TPSA) is 65.2 Å². The van der Waals surface area contributed by atoms with Crippen molar-refractivity contribution < 1.29 is 4.42 Å². The first-order valence-electron chi connectivity index (χ1n) is 12.0. The summed E-state index contributed by atoms with van der Waals surface area (Å²) in [6, 6.07) is 27.6. The molecule has 7 rings (SSSR count). The van der Waals surface area contributed by atoms with Gasteiger partial charge in [-0.2, -0.15) is 0 Å². The zero-order valence-electron chi connectivity index (χ0n) is 20.1. The number of benzene rings is 6. The molecular formula is C32H26N2O. The predicted molar refractivity (Wildman–Crippen MR) is 150 cm³/mol. The van der Waals surface area contributed by atoms with E-state index < -0.39 is 0 Å². The van der Waals surface area contributed by atoms with Gasteiger partial charge < -0.3 is 15.9 Å². The van der Waals surface area contributed by atoms with Crippen LogP contribution in [0.15, 0.2) is 83.3 Å². The van der Waals surface area contributed by atoms with Crippen LogP contribution in [0, 0.1) is 0 Å². The number of hydrogen-bond donors (Lipinski definition) is 2. The minimum atomic E-state index is -0.0229. The van der Waals surface area contributed by atoms with E-state index in [9.17, 15) is 0 Å². The van der Waals surface area contributed by atoms with E-state index in [0.717, 1.165) is 66.0 Å². The Morgan fingerprint density at radius 3 is 2.03 bits per heavy atom. The number of fused-ring (bicyclic) bond motifs is 3. The van der Waals surface area contributed by atoms with Crippen molar-refractivity contribution >= 4 is 65.6 Å². The van der Waals surface area contributed by atoms with Gasteiger partial charge in [0.2, 0.25) is 0 Å². The van der Waals surface area contributed by atoms with Crippen molar-refractivity contribution in [2.75, 3.05) is 11.5 Å². The second-order valence-corrected chi connectivity index (χ2v) is 10.6. The molecule has 0 atom stereocenters. The highest BCUT2D eigenvalue weighted by Gasteiger charge is 2.23. The Hall–Kier alpha value is -4.24. The Kier molecular flexibility index (Phi) is 3.84. The first kappa shape index (κ1) is 20.2. The molecule has 0 saturated carbocycles. The van der Waals surface area contributed by atoms with Crippen LogP contribution in [0.25, 0.3) is 65.4 Å². The summed E-state index contributed by atoms with van der Waals surface area (Å²) in [5.74, 6) is 0. The first-order valence-corrected chi connectivity index (χ1v) is 12.0. The maximum Gasteiger partial charge on any atom is 0.143 e. The summed E-state index contributed by atoms with van der Waals surface area (Å²) in [4.78, 5) is 0. The summed E-state index contributed by atoms with van der Waals surface area (Å²) in [6.07, 6.45) is 0. The Bertz CT molecular complexity index is 1950. The zero-order valence-corrected chi connectivity index (χ0v) is 20.1. The predicted octanol–water partition coefficient (Wildman–Crippen LogP) is 8.61. The van der Waals surface area contributed by atoms with Crippen LogP contribution in [0.5, 0.6) is 0 Å². The molecule has 0 fully saturated rings. The lowest BCUT2D eigenvalue weighted by Crippen LogP contribution is -2.10. The lowest BCUT2D eigenvalue weighted by molar-refractivity contribution is 0.573. The molecule has 1 aromatic heterocycles. The van der Waals surface area contributed by atoms with Gasteiger partial charge in [0.1, 0.15) is 11.2 Å². The third kappa shape index (κ3) is 2.67. The van der Waals surface area contributed by atoms with Gasteiger partial charge in [0.15, 0.2) is 0 Å². The van der Waals surface area contributed by atoms with Crippen molar-refractivity contribution in [2.45, 2.75) is 26.2 Å². The first-order chi connectivity index (χ1) is 16.8. The maximum atomic E-state index is 6.68. The van der Waals surface area contributed by atoms with Gasteiger partial charge in [-0.25, -0.2) is 0 Å². The van der Waals surface area contributed by atoms with Crippen LogP contribution in [0.1, 0.15) is 26.3 Å². The Morgan fingerprint density at radius 1 is 0.571 bits per heavy atom. The lowest BCUT2D eigenvalue weighted by Gasteiger charge is -2.18. The second kappa shape index (κ2) is 6.67. The third-order valence-corrected chi connectivity index (χ3v) is 7.47. The average molecular weight is 455 g/mol. The number of hydrogen-bond acceptors (Lipinski definition) is 3. The van der Waals surface area contributed by atoms with Crippen LogP contribution in [0.2, 0.25) is 0 Å². The monoisotopic (exact) mass is 454 g/mol. The molecular weight excluding hydrogens is 428 g/mol. The van der Waals surface area contributed by atoms with Gasteiger partial charge in [-0.05, 0) is 39.3 Å². The molecule has 0 aliphatic heterocycles. The Morgan fingerprint density at radius 2 is 1.23 bits per heavy atom. The van der Waals surface area contributed by atoms with Gasteiger partial charge in [0, 0.05) is 49.4 Å². The fourth-order valence-corrected chi connectivity index (χ4v) is 5.79. The summed E-state index contributed by atoms with van der Waals surface area (Å²) in [5.41, 5.74) is 19.8. The molecule has 0 aliphatic rings. The number of nitrogens with two attached hydrogens (primary N) is 2. The van der Waals surface area contributed by atoms with E-state index in [-0.39, 0.29) is 5.41 Å². The van der Waals surface area contributed by atoms with E-state index in [4.69, 9.17) is 15.9 Å². The highest BCUT2D eigenvalue weighted by molar-refractivity contribution is 6.30. The van der Waals surface area contributed by atoms with Gasteiger partial charge in [-0.15, -0.1) is 0 Å². The molecule has 4 N–H and O–H groups in total. The van der Waals surface area contributed by atoms with Crippen LogP contribution >= 0.6 is 0 Å². The number of nitrogen functional groups attached to an aromatic ring is 2. The van der Waals surface area contributed by atoms with E-state index >= 15 is 0 Å². The Balaban J connectivity index is 1.64. The highest BCUT2D eigenvalue weighted by atomic mass is 16.3. The van der Waals surface area contributed by atoms with Gasteiger partial charge >= 0.3 is 0 Å². The van der Waals surface area contributed by atoms with E-state index in [2.05, 4.69) is 93.6 Å². The SMILES string of the molecule is CC(C)(C)c1cccc2c1oc1c(-c3cc(N)c4ccc5ccc(N)c6ccc3c4c56)cccc12. The van der Waals surface area contributed by atoms with Crippen molar-refractivity contribution in [3.05, 3.63) is 84.4 Å². The molecule has 0 spiro atoms. The van der Waals surface area contributed by atoms with Gasteiger partial charge in [0.25, 0.3) is 0 Å². The maximum absolute atomic E-state index is 6.68. The molecule has 3 nitrogen and oxygen atoms in total. The smallest absolute Gasteiger partial charge is 0.143 e. The van der Waals surface area contributed by atoms with Crippen LogP contribution in [0.3, 0.4) is 0 Å². The van der Waals surface area contributed by atoms with Gasteiger partial charge in [-0.3, -0.25) is 0 Å². The Labute approximate surface area is 203 Å². The third-order valence-electron chi connectivity index (χ3n) is 7.47. The summed E-state index contributed by atoms with van der Waals surface area (Å²) >= 11 is 0. The van der Waals surface area contributed by atoms with Crippen molar-refractivity contribution in [1.29, 1.82) is 0 Å². The number of furan rings is 1. The molecule has 0 aliphatic carbocycles. The van der Waals surface area contributed by atoms with E-state index in [1.54, 1.807) is 0 Å². The van der Waals surface area contributed by atoms with E-state index in [1.807, 2.05) is 6.07 Å². The number of para-hydroxylation sites is 2. The molecule has 35 heavy (non-hydrogen) atoms. The molecule has 3 heteroatoms. The van der Waals surface area contributed by atoms with Crippen LogP contribution < -0.4 is 11.5 Å². The molecule has 7 aromatic rings. The quantitative estimate of drug-likeness (QED) is 0.193. The van der Waals surface area contributed by atoms with Crippen LogP contribution in [0.4, 0.5) is 11.4 Å². The van der Waals surface area contributed by atoms with Gasteiger partial charge in [-0.1, -0.05) is 87.5 Å².